The van der Waals surface area contributed by atoms with Crippen LogP contribution >= 0.6 is 11.3 Å². The van der Waals surface area contributed by atoms with Gasteiger partial charge in [0.2, 0.25) is 0 Å². The molecule has 0 saturated carbocycles. The van der Waals surface area contributed by atoms with Crippen molar-refractivity contribution in [3.8, 4) is 0 Å². The van der Waals surface area contributed by atoms with Gasteiger partial charge in [-0.1, -0.05) is 13.0 Å². The highest BCUT2D eigenvalue weighted by Crippen LogP contribution is 2.31. The molecule has 2 aromatic rings. The van der Waals surface area contributed by atoms with Crippen LogP contribution < -0.4 is 0 Å². The lowest BCUT2D eigenvalue weighted by molar-refractivity contribution is 0.187. The van der Waals surface area contributed by atoms with Crippen molar-refractivity contribution < 1.29 is 4.39 Å². The van der Waals surface area contributed by atoms with Gasteiger partial charge in [-0.05, 0) is 43.0 Å². The minimum absolute atomic E-state index is 0.139. The summed E-state index contributed by atoms with van der Waals surface area (Å²) in [4.78, 5) is 7.02. The van der Waals surface area contributed by atoms with E-state index in [0.29, 0.717) is 0 Å². The summed E-state index contributed by atoms with van der Waals surface area (Å²) in [5, 5.41) is 3.34. The molecule has 1 aliphatic rings. The third-order valence-electron chi connectivity index (χ3n) is 4.04. The van der Waals surface area contributed by atoms with Crippen LogP contribution in [0.2, 0.25) is 0 Å². The predicted molar refractivity (Wildman–Crippen MR) is 80.4 cm³/mol. The summed E-state index contributed by atoms with van der Waals surface area (Å²) in [5.41, 5.74) is 3.54. The minimum atomic E-state index is -0.139. The highest BCUT2D eigenvalue weighted by molar-refractivity contribution is 7.09. The zero-order valence-electron chi connectivity index (χ0n) is 11.9. The highest BCUT2D eigenvalue weighted by atomic mass is 32.1. The number of rotatable bonds is 3. The summed E-state index contributed by atoms with van der Waals surface area (Å²) in [6.45, 7) is 6.15. The van der Waals surface area contributed by atoms with Crippen molar-refractivity contribution in [3.63, 3.8) is 0 Å². The van der Waals surface area contributed by atoms with Crippen LogP contribution in [-0.2, 0) is 19.4 Å². The number of benzene rings is 1. The third kappa shape index (κ3) is 2.63. The number of nitrogens with zero attached hydrogens (tertiary/aromatic N) is 2. The number of hydrogen-bond donors (Lipinski definition) is 0. The minimum Gasteiger partial charge on any atom is -0.290 e. The molecule has 0 N–H and O–H groups in total. The lowest BCUT2D eigenvalue weighted by atomic mass is 9.93. The lowest BCUT2D eigenvalue weighted by Crippen LogP contribution is -2.33. The van der Waals surface area contributed by atoms with Crippen molar-refractivity contribution in [3.05, 3.63) is 51.2 Å². The SMILES string of the molecule is CCc1nc(CN2CCc3ccc(F)cc3C2C)cs1. The van der Waals surface area contributed by atoms with Gasteiger partial charge >= 0.3 is 0 Å². The van der Waals surface area contributed by atoms with Crippen molar-refractivity contribution in [1.29, 1.82) is 0 Å². The summed E-state index contributed by atoms with van der Waals surface area (Å²) in [6.07, 6.45) is 1.99. The maximum absolute atomic E-state index is 13.4. The molecule has 4 heteroatoms. The first kappa shape index (κ1) is 13.7. The van der Waals surface area contributed by atoms with Crippen molar-refractivity contribution in [2.24, 2.45) is 0 Å². The molecule has 0 amide bonds. The van der Waals surface area contributed by atoms with Gasteiger partial charge in [-0.3, -0.25) is 4.90 Å². The van der Waals surface area contributed by atoms with E-state index in [2.05, 4.69) is 29.1 Å². The monoisotopic (exact) mass is 290 g/mol. The largest absolute Gasteiger partial charge is 0.290 e. The predicted octanol–water partition coefficient (Wildman–Crippen LogP) is 3.96. The van der Waals surface area contributed by atoms with E-state index in [0.717, 1.165) is 37.2 Å². The van der Waals surface area contributed by atoms with Crippen LogP contribution in [0.1, 0.15) is 41.7 Å². The Balaban J connectivity index is 1.79. The average Bonchev–Trinajstić information content (AvgIpc) is 2.90. The Kier molecular flexibility index (Phi) is 3.85. The van der Waals surface area contributed by atoms with Crippen LogP contribution in [-0.4, -0.2) is 16.4 Å². The normalized spacial score (nSPS) is 19.1. The smallest absolute Gasteiger partial charge is 0.123 e. The van der Waals surface area contributed by atoms with Crippen LogP contribution in [0.15, 0.2) is 23.6 Å². The Bertz CT molecular complexity index is 608. The topological polar surface area (TPSA) is 16.1 Å². The molecule has 1 unspecified atom stereocenters. The second kappa shape index (κ2) is 5.62. The molecule has 2 heterocycles. The molecule has 3 rings (SSSR count). The van der Waals surface area contributed by atoms with E-state index in [1.165, 1.54) is 10.6 Å². The zero-order valence-corrected chi connectivity index (χ0v) is 12.7. The number of fused-ring (bicyclic) bond motifs is 1. The molecule has 1 aromatic heterocycles. The van der Waals surface area contributed by atoms with Gasteiger partial charge in [-0.25, -0.2) is 9.37 Å². The van der Waals surface area contributed by atoms with E-state index in [9.17, 15) is 4.39 Å². The third-order valence-corrected chi connectivity index (χ3v) is 5.08. The Labute approximate surface area is 123 Å². The van der Waals surface area contributed by atoms with Gasteiger partial charge in [0.25, 0.3) is 0 Å². The Hall–Kier alpha value is -1.26. The van der Waals surface area contributed by atoms with Crippen molar-refractivity contribution in [1.82, 2.24) is 9.88 Å². The van der Waals surface area contributed by atoms with Crippen LogP contribution in [0.4, 0.5) is 4.39 Å². The average molecular weight is 290 g/mol. The molecule has 1 atom stereocenters. The van der Waals surface area contributed by atoms with Crippen molar-refractivity contribution in [2.75, 3.05) is 6.54 Å². The number of hydrogen-bond acceptors (Lipinski definition) is 3. The first-order valence-corrected chi connectivity index (χ1v) is 8.01. The molecule has 20 heavy (non-hydrogen) atoms. The van der Waals surface area contributed by atoms with Gasteiger partial charge in [-0.2, -0.15) is 0 Å². The van der Waals surface area contributed by atoms with Gasteiger partial charge in [0.05, 0.1) is 10.7 Å². The molecule has 1 aliphatic heterocycles. The number of thiazole rings is 1. The lowest BCUT2D eigenvalue weighted by Gasteiger charge is -2.34. The molecule has 0 aliphatic carbocycles. The molecule has 2 nitrogen and oxygen atoms in total. The first-order valence-electron chi connectivity index (χ1n) is 7.13. The van der Waals surface area contributed by atoms with Crippen LogP contribution in [0.5, 0.6) is 0 Å². The van der Waals surface area contributed by atoms with Gasteiger partial charge < -0.3 is 0 Å². The van der Waals surface area contributed by atoms with E-state index < -0.39 is 0 Å². The van der Waals surface area contributed by atoms with Crippen LogP contribution in [0.3, 0.4) is 0 Å². The molecule has 106 valence electrons. The number of halogens is 1. The summed E-state index contributed by atoms with van der Waals surface area (Å²) in [5.74, 6) is -0.139. The molecule has 0 fully saturated rings. The summed E-state index contributed by atoms with van der Waals surface area (Å²) < 4.78 is 13.4. The maximum atomic E-state index is 13.4. The zero-order chi connectivity index (χ0) is 14.1. The van der Waals surface area contributed by atoms with Gasteiger partial charge in [0.1, 0.15) is 5.82 Å². The van der Waals surface area contributed by atoms with Crippen LogP contribution in [0.25, 0.3) is 0 Å². The maximum Gasteiger partial charge on any atom is 0.123 e. The highest BCUT2D eigenvalue weighted by Gasteiger charge is 2.24. The van der Waals surface area contributed by atoms with E-state index in [1.807, 2.05) is 6.07 Å². The summed E-state index contributed by atoms with van der Waals surface area (Å²) in [6, 6.07) is 5.43. The quantitative estimate of drug-likeness (QED) is 0.850. The standard InChI is InChI=1S/C16H19FN2S/c1-3-16-18-14(10-20-16)9-19-7-6-12-4-5-13(17)8-15(12)11(19)2/h4-5,8,10-11H,3,6-7,9H2,1-2H3. The fourth-order valence-corrected chi connectivity index (χ4v) is 3.58. The molecule has 0 saturated heterocycles. The van der Waals surface area contributed by atoms with Gasteiger partial charge in [0, 0.05) is 24.5 Å². The van der Waals surface area contributed by atoms with E-state index in [-0.39, 0.29) is 11.9 Å². The fraction of sp³-hybridized carbons (Fsp3) is 0.438. The Morgan fingerprint density at radius 3 is 3.05 bits per heavy atom. The Morgan fingerprint density at radius 2 is 2.30 bits per heavy atom. The number of aromatic nitrogens is 1. The van der Waals surface area contributed by atoms with Gasteiger partial charge in [-0.15, -0.1) is 11.3 Å². The molecule has 0 bridgehead atoms. The summed E-state index contributed by atoms with van der Waals surface area (Å²) >= 11 is 1.73. The Morgan fingerprint density at radius 1 is 1.45 bits per heavy atom. The van der Waals surface area contributed by atoms with E-state index >= 15 is 0 Å². The van der Waals surface area contributed by atoms with E-state index in [1.54, 1.807) is 23.5 Å². The molecular formula is C16H19FN2S. The van der Waals surface area contributed by atoms with Crippen LogP contribution in [0, 0.1) is 5.82 Å². The van der Waals surface area contributed by atoms with E-state index in [4.69, 9.17) is 0 Å². The second-order valence-electron chi connectivity index (χ2n) is 5.33. The number of aryl methyl sites for hydroxylation is 1. The van der Waals surface area contributed by atoms with Crippen molar-refractivity contribution >= 4 is 11.3 Å². The molecule has 0 radical (unpaired) electrons. The van der Waals surface area contributed by atoms with Gasteiger partial charge in [0.15, 0.2) is 0 Å². The van der Waals surface area contributed by atoms with Crippen molar-refractivity contribution in [2.45, 2.75) is 39.3 Å². The molecule has 1 aromatic carbocycles. The molecular weight excluding hydrogens is 271 g/mol. The fourth-order valence-electron chi connectivity index (χ4n) is 2.84. The molecule has 0 spiro atoms. The second-order valence-corrected chi connectivity index (χ2v) is 6.27. The summed E-state index contributed by atoms with van der Waals surface area (Å²) in [7, 11) is 0. The first-order chi connectivity index (χ1) is 9.67.